The van der Waals surface area contributed by atoms with Crippen molar-refractivity contribution in [1.82, 2.24) is 14.5 Å². The summed E-state index contributed by atoms with van der Waals surface area (Å²) in [4.78, 5) is 5.49. The number of aromatic nitrogens is 2. The van der Waals surface area contributed by atoms with Crippen LogP contribution in [0, 0.1) is 14.2 Å². The minimum Gasteiger partial charge on any atom is -0.379 e. The van der Waals surface area contributed by atoms with Gasteiger partial charge in [-0.25, -0.2) is 4.39 Å². The first-order valence-corrected chi connectivity index (χ1v) is 8.01. The molecule has 2 aromatic rings. The Morgan fingerprint density at radius 1 is 1.30 bits per heavy atom. The van der Waals surface area contributed by atoms with Crippen molar-refractivity contribution in [1.29, 1.82) is 0 Å². The van der Waals surface area contributed by atoms with E-state index in [1.807, 2.05) is 27.2 Å². The smallest absolute Gasteiger partial charge is 0.178 e. The van der Waals surface area contributed by atoms with E-state index >= 15 is 0 Å². The molecule has 0 unspecified atom stereocenters. The van der Waals surface area contributed by atoms with Gasteiger partial charge in [0, 0.05) is 32.2 Å². The summed E-state index contributed by atoms with van der Waals surface area (Å²) in [6.45, 7) is 5.12. The maximum Gasteiger partial charge on any atom is 0.178 e. The number of nitrogens with zero attached hydrogens (tertiary/aromatic N) is 2. The number of rotatable bonds is 3. The zero-order chi connectivity index (χ0) is 14.1. The molecule has 0 bridgehead atoms. The molecule has 4 nitrogen and oxygen atoms in total. The second-order valence-corrected chi connectivity index (χ2v) is 6.37. The Morgan fingerprint density at radius 2 is 2.05 bits per heavy atom. The van der Waals surface area contributed by atoms with Gasteiger partial charge in [0.05, 0.1) is 27.8 Å². The van der Waals surface area contributed by atoms with Crippen LogP contribution >= 0.6 is 34.8 Å². The first kappa shape index (κ1) is 14.4. The van der Waals surface area contributed by atoms with Gasteiger partial charge >= 0.3 is 0 Å². The third-order valence-corrected chi connectivity index (χ3v) is 4.71. The lowest BCUT2D eigenvalue weighted by molar-refractivity contribution is 0.0365. The van der Waals surface area contributed by atoms with Gasteiger partial charge in [-0.1, -0.05) is 0 Å². The highest BCUT2D eigenvalue weighted by molar-refractivity contribution is 14.1. The molecule has 7 heteroatoms. The van der Waals surface area contributed by atoms with Crippen LogP contribution in [0.5, 0.6) is 0 Å². The second-order valence-electron chi connectivity index (χ2n) is 4.82. The van der Waals surface area contributed by atoms with Gasteiger partial charge < -0.3 is 14.3 Å². The van der Waals surface area contributed by atoms with Crippen LogP contribution in [0.4, 0.5) is 4.39 Å². The first-order chi connectivity index (χ1) is 9.65. The molecule has 0 atom stereocenters. The number of fused-ring (bicyclic) bond motifs is 1. The Kier molecular flexibility index (Phi) is 4.39. The van der Waals surface area contributed by atoms with E-state index < -0.39 is 0 Å². The fourth-order valence-corrected chi connectivity index (χ4v) is 3.21. The quantitative estimate of drug-likeness (QED) is 0.628. The molecule has 1 aliphatic rings. The molecule has 0 saturated carbocycles. The monoisotopic (exact) mass is 407 g/mol. The Hall–Kier alpha value is -0.510. The number of halogens is 2. The molecule has 2 heterocycles. The predicted octanol–water partition coefficient (Wildman–Crippen LogP) is 2.77. The average molecular weight is 407 g/mol. The van der Waals surface area contributed by atoms with Crippen LogP contribution in [0.25, 0.3) is 11.0 Å². The van der Waals surface area contributed by atoms with Crippen molar-refractivity contribution in [2.75, 3.05) is 32.8 Å². The lowest BCUT2D eigenvalue weighted by Crippen LogP contribution is -2.38. The zero-order valence-corrected chi connectivity index (χ0v) is 13.8. The lowest BCUT2D eigenvalue weighted by atomic mass is 10.3. The van der Waals surface area contributed by atoms with Gasteiger partial charge in [-0.05, 0) is 40.9 Å². The number of imidazole rings is 1. The van der Waals surface area contributed by atoms with Gasteiger partial charge in [0.2, 0.25) is 0 Å². The standard InChI is InChI=1S/C13H15FIN3OS/c14-9-7-12-11(8-10(9)15)16-13(20)18(12)2-1-17-3-5-19-6-4-17/h7-8H,1-6H2,(H,16,20). The fraction of sp³-hybridized carbons (Fsp3) is 0.462. The highest BCUT2D eigenvalue weighted by Gasteiger charge is 2.12. The number of benzene rings is 1. The van der Waals surface area contributed by atoms with Crippen molar-refractivity contribution in [3.63, 3.8) is 0 Å². The van der Waals surface area contributed by atoms with Gasteiger partial charge in [0.1, 0.15) is 5.82 Å². The van der Waals surface area contributed by atoms with Crippen molar-refractivity contribution in [2.45, 2.75) is 6.54 Å². The van der Waals surface area contributed by atoms with E-state index in [0.29, 0.717) is 8.34 Å². The molecule has 1 aromatic carbocycles. The topological polar surface area (TPSA) is 33.2 Å². The van der Waals surface area contributed by atoms with Gasteiger partial charge in [0.25, 0.3) is 0 Å². The number of hydrogen-bond donors (Lipinski definition) is 1. The third kappa shape index (κ3) is 2.90. The van der Waals surface area contributed by atoms with Crippen LogP contribution < -0.4 is 0 Å². The second kappa shape index (κ2) is 6.08. The molecular formula is C13H15FIN3OS. The van der Waals surface area contributed by atoms with Crippen molar-refractivity contribution in [3.8, 4) is 0 Å². The summed E-state index contributed by atoms with van der Waals surface area (Å²) >= 11 is 7.34. The summed E-state index contributed by atoms with van der Waals surface area (Å²) in [7, 11) is 0. The van der Waals surface area contributed by atoms with Gasteiger partial charge in [0.15, 0.2) is 4.77 Å². The molecule has 1 aromatic heterocycles. The van der Waals surface area contributed by atoms with E-state index in [0.717, 1.165) is 50.4 Å². The minimum atomic E-state index is -0.202. The van der Waals surface area contributed by atoms with Crippen LogP contribution in [-0.2, 0) is 11.3 Å². The Bertz CT molecular complexity index is 678. The van der Waals surface area contributed by atoms with E-state index in [1.54, 1.807) is 12.1 Å². The summed E-state index contributed by atoms with van der Waals surface area (Å²) in [6.07, 6.45) is 0. The number of nitrogens with one attached hydrogen (secondary N) is 1. The van der Waals surface area contributed by atoms with Crippen molar-refractivity contribution < 1.29 is 9.13 Å². The maximum atomic E-state index is 13.7. The van der Waals surface area contributed by atoms with Gasteiger partial charge in [-0.3, -0.25) is 4.90 Å². The molecule has 20 heavy (non-hydrogen) atoms. The van der Waals surface area contributed by atoms with Crippen LogP contribution in [0.2, 0.25) is 0 Å². The maximum absolute atomic E-state index is 13.7. The molecule has 3 rings (SSSR count). The number of aromatic amines is 1. The molecule has 0 spiro atoms. The van der Waals surface area contributed by atoms with Crippen LogP contribution in [0.15, 0.2) is 12.1 Å². The fourth-order valence-electron chi connectivity index (χ4n) is 2.44. The highest BCUT2D eigenvalue weighted by atomic mass is 127. The molecule has 1 aliphatic heterocycles. The Morgan fingerprint density at radius 3 is 2.80 bits per heavy atom. The van der Waals surface area contributed by atoms with Crippen LogP contribution in [0.3, 0.4) is 0 Å². The minimum absolute atomic E-state index is 0.202. The number of ether oxygens (including phenoxy) is 1. The molecular weight excluding hydrogens is 392 g/mol. The van der Waals surface area contributed by atoms with E-state index in [9.17, 15) is 4.39 Å². The van der Waals surface area contributed by atoms with E-state index in [2.05, 4.69) is 9.88 Å². The Labute approximate surface area is 135 Å². The van der Waals surface area contributed by atoms with Crippen molar-refractivity contribution in [2.24, 2.45) is 0 Å². The van der Waals surface area contributed by atoms with Gasteiger partial charge in [-0.2, -0.15) is 0 Å². The first-order valence-electron chi connectivity index (χ1n) is 6.53. The normalized spacial score (nSPS) is 16.9. The summed E-state index contributed by atoms with van der Waals surface area (Å²) in [5.41, 5.74) is 1.73. The molecule has 0 amide bonds. The van der Waals surface area contributed by atoms with Crippen molar-refractivity contribution in [3.05, 3.63) is 26.3 Å². The molecule has 1 fully saturated rings. The van der Waals surface area contributed by atoms with E-state index in [1.165, 1.54) is 0 Å². The van der Waals surface area contributed by atoms with E-state index in [4.69, 9.17) is 17.0 Å². The predicted molar refractivity (Wildman–Crippen MR) is 87.1 cm³/mol. The molecule has 1 saturated heterocycles. The summed E-state index contributed by atoms with van der Waals surface area (Å²) < 4.78 is 22.3. The Balaban J connectivity index is 1.85. The molecule has 0 aliphatic carbocycles. The van der Waals surface area contributed by atoms with Gasteiger partial charge in [-0.15, -0.1) is 0 Å². The number of H-pyrrole nitrogens is 1. The number of hydrogen-bond acceptors (Lipinski definition) is 3. The summed E-state index contributed by atoms with van der Waals surface area (Å²) in [5, 5.41) is 0. The van der Waals surface area contributed by atoms with E-state index in [-0.39, 0.29) is 5.82 Å². The SMILES string of the molecule is Fc1cc2c(cc1I)[nH]c(=S)n2CCN1CCOCC1. The molecule has 1 N–H and O–H groups in total. The summed E-state index contributed by atoms with van der Waals surface area (Å²) in [5.74, 6) is -0.202. The zero-order valence-electron chi connectivity index (χ0n) is 10.9. The van der Waals surface area contributed by atoms with Crippen LogP contribution in [0.1, 0.15) is 0 Å². The highest BCUT2D eigenvalue weighted by Crippen LogP contribution is 2.20. The summed E-state index contributed by atoms with van der Waals surface area (Å²) in [6, 6.07) is 3.36. The van der Waals surface area contributed by atoms with Crippen molar-refractivity contribution >= 4 is 45.8 Å². The van der Waals surface area contributed by atoms with Crippen LogP contribution in [-0.4, -0.2) is 47.3 Å². The molecule has 0 radical (unpaired) electrons. The lowest BCUT2D eigenvalue weighted by Gasteiger charge is -2.26. The average Bonchev–Trinajstić information content (AvgIpc) is 2.73. The molecule has 108 valence electrons. The third-order valence-electron chi connectivity index (χ3n) is 3.56. The largest absolute Gasteiger partial charge is 0.379 e. The number of morpholine rings is 1.